The molecule has 0 aromatic heterocycles. The summed E-state index contributed by atoms with van der Waals surface area (Å²) in [4.78, 5) is 12.9. The average molecular weight is 309 g/mol. The van der Waals surface area contributed by atoms with Crippen molar-refractivity contribution in [3.63, 3.8) is 0 Å². The topological polar surface area (TPSA) is 61.1 Å². The quantitative estimate of drug-likeness (QED) is 0.789. The number of fused-ring (bicyclic) bond motifs is 5. The third-order valence-corrected chi connectivity index (χ3v) is 6.99. The fraction of sp³-hybridized carbons (Fsp3) is 0.600. The van der Waals surface area contributed by atoms with Crippen LogP contribution in [0, 0.1) is 34.0 Å². The van der Waals surface area contributed by atoms with E-state index in [0.717, 1.165) is 25.7 Å². The number of nitrogens with zero attached hydrogens (tertiary/aromatic N) is 1. The van der Waals surface area contributed by atoms with Crippen LogP contribution in [0.1, 0.15) is 56.6 Å². The predicted octanol–water partition coefficient (Wildman–Crippen LogP) is 3.96. The van der Waals surface area contributed by atoms with Gasteiger partial charge in [0.05, 0.1) is 6.07 Å². The van der Waals surface area contributed by atoms with Crippen LogP contribution >= 0.6 is 0 Å². The van der Waals surface area contributed by atoms with Gasteiger partial charge >= 0.3 is 0 Å². The third-order valence-electron chi connectivity index (χ3n) is 6.99. The molecule has 23 heavy (non-hydrogen) atoms. The Kier molecular flexibility index (Phi) is 2.95. The highest BCUT2D eigenvalue weighted by Gasteiger charge is 2.62. The minimum Gasteiger partial charge on any atom is -0.508 e. The molecule has 2 saturated carbocycles. The van der Waals surface area contributed by atoms with Crippen LogP contribution in [-0.4, -0.2) is 10.9 Å². The third kappa shape index (κ3) is 1.84. The lowest BCUT2D eigenvalue weighted by Crippen LogP contribution is -2.43. The highest BCUT2D eigenvalue weighted by atomic mass is 16.3. The number of phenolic OH excluding ortho intramolecular Hbond substituents is 1. The Bertz CT molecular complexity index is 734. The highest BCUT2D eigenvalue weighted by Crippen LogP contribution is 2.63. The van der Waals surface area contributed by atoms with Gasteiger partial charge in [-0.05, 0) is 80.0 Å². The minimum atomic E-state index is -0.802. The van der Waals surface area contributed by atoms with Gasteiger partial charge in [0.2, 0.25) is 0 Å². The molecule has 0 aliphatic heterocycles. The van der Waals surface area contributed by atoms with E-state index < -0.39 is 5.41 Å². The fourth-order valence-electron chi connectivity index (χ4n) is 5.81. The lowest BCUT2D eigenvalue weighted by molar-refractivity contribution is -0.133. The summed E-state index contributed by atoms with van der Waals surface area (Å²) in [5.74, 6) is 1.81. The van der Waals surface area contributed by atoms with Crippen molar-refractivity contribution in [2.45, 2.75) is 51.9 Å². The molecule has 3 aliphatic rings. The van der Waals surface area contributed by atoms with Gasteiger partial charge in [-0.1, -0.05) is 13.0 Å². The summed E-state index contributed by atoms with van der Waals surface area (Å²) >= 11 is 0. The van der Waals surface area contributed by atoms with Gasteiger partial charge in [0.15, 0.2) is 5.78 Å². The first-order chi connectivity index (χ1) is 10.9. The van der Waals surface area contributed by atoms with Gasteiger partial charge in [0, 0.05) is 5.41 Å². The molecule has 0 heterocycles. The molecule has 3 nitrogen and oxygen atoms in total. The van der Waals surface area contributed by atoms with E-state index in [2.05, 4.69) is 19.1 Å². The Balaban J connectivity index is 1.74. The maximum Gasteiger partial charge on any atom is 0.158 e. The second-order valence-electron chi connectivity index (χ2n) is 8.23. The Labute approximate surface area is 137 Å². The number of Topliss-reactive ketones (excluding diaryl/α,β-unsaturated/α-hetero) is 1. The van der Waals surface area contributed by atoms with Crippen molar-refractivity contribution in [1.82, 2.24) is 0 Å². The molecule has 0 saturated heterocycles. The second kappa shape index (κ2) is 4.60. The molecule has 0 radical (unpaired) electrons. The molecule has 5 atom stereocenters. The van der Waals surface area contributed by atoms with Crippen LogP contribution in [0.25, 0.3) is 0 Å². The van der Waals surface area contributed by atoms with Gasteiger partial charge in [-0.3, -0.25) is 4.79 Å². The molecule has 0 amide bonds. The number of hydrogen-bond acceptors (Lipinski definition) is 3. The molecular formula is C20H23NO2. The van der Waals surface area contributed by atoms with Crippen LogP contribution in [0.3, 0.4) is 0 Å². The maximum atomic E-state index is 12.9. The smallest absolute Gasteiger partial charge is 0.158 e. The van der Waals surface area contributed by atoms with Crippen molar-refractivity contribution in [2.24, 2.45) is 22.7 Å². The van der Waals surface area contributed by atoms with E-state index in [1.54, 1.807) is 6.07 Å². The SMILES string of the molecule is CC1(C#N)C[C@H]2[C@@H]3CCc4cc(O)ccc4[C@H]3CC[C@]2(C)C1=O. The van der Waals surface area contributed by atoms with E-state index >= 15 is 0 Å². The maximum absolute atomic E-state index is 12.9. The molecule has 0 spiro atoms. The number of carbonyl (C=O) groups excluding carboxylic acids is 1. The van der Waals surface area contributed by atoms with Crippen molar-refractivity contribution in [2.75, 3.05) is 0 Å². The van der Waals surface area contributed by atoms with Crippen molar-refractivity contribution >= 4 is 5.78 Å². The van der Waals surface area contributed by atoms with Gasteiger partial charge in [0.25, 0.3) is 0 Å². The van der Waals surface area contributed by atoms with Crippen LogP contribution < -0.4 is 0 Å². The predicted molar refractivity (Wildman–Crippen MR) is 86.8 cm³/mol. The molecule has 1 aromatic carbocycles. The minimum absolute atomic E-state index is 0.174. The monoisotopic (exact) mass is 309 g/mol. The van der Waals surface area contributed by atoms with E-state index in [0.29, 0.717) is 29.9 Å². The number of hydrogen-bond donors (Lipinski definition) is 1. The molecule has 1 unspecified atom stereocenters. The summed E-state index contributed by atoms with van der Waals surface area (Å²) in [6.45, 7) is 3.94. The Morgan fingerprint density at radius 3 is 2.83 bits per heavy atom. The first-order valence-corrected chi connectivity index (χ1v) is 8.67. The lowest BCUT2D eigenvalue weighted by Gasteiger charge is -2.48. The zero-order chi connectivity index (χ0) is 16.4. The standard InChI is InChI=1S/C20H23NO2/c1-19(11-21)10-17-16-5-3-12-9-13(22)4-6-14(12)15(16)7-8-20(17,2)18(19)23/h4,6,9,15-17,22H,3,5,7-8,10H2,1-2H3/t15-,16-,17+,19?,20+/m1/s1. The summed E-state index contributed by atoms with van der Waals surface area (Å²) in [6.07, 6.45) is 4.65. The Morgan fingerprint density at radius 2 is 2.09 bits per heavy atom. The van der Waals surface area contributed by atoms with Crippen LogP contribution in [0.4, 0.5) is 0 Å². The number of ketones is 1. The summed E-state index contributed by atoms with van der Waals surface area (Å²) in [7, 11) is 0. The van der Waals surface area contributed by atoms with Gasteiger partial charge in [0.1, 0.15) is 11.2 Å². The summed E-state index contributed by atoms with van der Waals surface area (Å²) in [6, 6.07) is 8.07. The first kappa shape index (κ1) is 14.8. The molecule has 120 valence electrons. The largest absolute Gasteiger partial charge is 0.508 e. The van der Waals surface area contributed by atoms with Gasteiger partial charge in [-0.15, -0.1) is 0 Å². The lowest BCUT2D eigenvalue weighted by atomic mass is 9.55. The van der Waals surface area contributed by atoms with E-state index in [9.17, 15) is 15.2 Å². The number of benzene rings is 1. The number of nitriles is 1. The van der Waals surface area contributed by atoms with Crippen molar-refractivity contribution in [3.8, 4) is 11.8 Å². The number of aromatic hydroxyl groups is 1. The molecular weight excluding hydrogens is 286 g/mol. The summed E-state index contributed by atoms with van der Waals surface area (Å²) in [5.41, 5.74) is 1.50. The van der Waals surface area contributed by atoms with Crippen LogP contribution in [-0.2, 0) is 11.2 Å². The first-order valence-electron chi connectivity index (χ1n) is 8.67. The normalized spacial score (nSPS) is 41.6. The van der Waals surface area contributed by atoms with E-state index in [-0.39, 0.29) is 11.2 Å². The second-order valence-corrected chi connectivity index (χ2v) is 8.23. The van der Waals surface area contributed by atoms with Crippen LogP contribution in [0.15, 0.2) is 18.2 Å². The van der Waals surface area contributed by atoms with Crippen LogP contribution in [0.2, 0.25) is 0 Å². The zero-order valence-electron chi connectivity index (χ0n) is 13.8. The number of phenols is 1. The number of carbonyl (C=O) groups is 1. The van der Waals surface area contributed by atoms with Crippen molar-refractivity contribution < 1.29 is 9.90 Å². The number of aryl methyl sites for hydroxylation is 1. The molecule has 3 heteroatoms. The average Bonchev–Trinajstić information content (AvgIpc) is 2.76. The summed E-state index contributed by atoms with van der Waals surface area (Å²) < 4.78 is 0. The van der Waals surface area contributed by atoms with Gasteiger partial charge in [-0.25, -0.2) is 0 Å². The Hall–Kier alpha value is -1.82. The molecule has 1 N–H and O–H groups in total. The fourth-order valence-corrected chi connectivity index (χ4v) is 5.81. The van der Waals surface area contributed by atoms with E-state index in [1.807, 2.05) is 13.0 Å². The molecule has 2 fully saturated rings. The molecule has 3 aliphatic carbocycles. The van der Waals surface area contributed by atoms with E-state index in [4.69, 9.17) is 0 Å². The van der Waals surface area contributed by atoms with Crippen molar-refractivity contribution in [1.29, 1.82) is 5.26 Å². The highest BCUT2D eigenvalue weighted by molar-refractivity contribution is 5.94. The van der Waals surface area contributed by atoms with Crippen molar-refractivity contribution in [3.05, 3.63) is 29.3 Å². The molecule has 4 rings (SSSR count). The zero-order valence-corrected chi connectivity index (χ0v) is 13.8. The molecule has 0 bridgehead atoms. The summed E-state index contributed by atoms with van der Waals surface area (Å²) in [5, 5.41) is 19.3. The number of rotatable bonds is 0. The van der Waals surface area contributed by atoms with Gasteiger partial charge in [-0.2, -0.15) is 5.26 Å². The van der Waals surface area contributed by atoms with Gasteiger partial charge < -0.3 is 5.11 Å². The van der Waals surface area contributed by atoms with Crippen LogP contribution in [0.5, 0.6) is 5.75 Å². The molecule has 1 aromatic rings. The van der Waals surface area contributed by atoms with E-state index in [1.165, 1.54) is 11.1 Å². The Morgan fingerprint density at radius 1 is 1.30 bits per heavy atom.